The van der Waals surface area contributed by atoms with E-state index in [4.69, 9.17) is 0 Å². The lowest BCUT2D eigenvalue weighted by Crippen LogP contribution is -2.21. The summed E-state index contributed by atoms with van der Waals surface area (Å²) in [4.78, 5) is 4.50. The molecule has 1 aromatic heterocycles. The molecule has 2 aromatic rings. The van der Waals surface area contributed by atoms with Crippen molar-refractivity contribution in [2.45, 2.75) is 39.3 Å². The Hall–Kier alpha value is -1.42. The molecule has 0 aliphatic heterocycles. The van der Waals surface area contributed by atoms with Gasteiger partial charge in [-0.25, -0.2) is 9.37 Å². The van der Waals surface area contributed by atoms with Crippen LogP contribution in [0.25, 0.3) is 11.0 Å². The fourth-order valence-corrected chi connectivity index (χ4v) is 2.47. The maximum absolute atomic E-state index is 13.8. The van der Waals surface area contributed by atoms with Crippen molar-refractivity contribution in [3.8, 4) is 0 Å². The number of halogens is 1. The third-order valence-corrected chi connectivity index (χ3v) is 3.49. The number of hydrogen-bond donors (Lipinski definition) is 1. The minimum atomic E-state index is -0.220. The number of aromatic nitrogens is 2. The molecule has 0 unspecified atom stereocenters. The van der Waals surface area contributed by atoms with Gasteiger partial charge in [0.05, 0.1) is 12.1 Å². The highest BCUT2D eigenvalue weighted by molar-refractivity contribution is 5.77. The van der Waals surface area contributed by atoms with Gasteiger partial charge in [0.15, 0.2) is 5.82 Å². The molecule has 102 valence electrons. The normalized spacial score (nSPS) is 15.6. The minimum Gasteiger partial charge on any atom is -0.324 e. The third-order valence-electron chi connectivity index (χ3n) is 3.49. The van der Waals surface area contributed by atoms with Crippen LogP contribution in [-0.2, 0) is 6.54 Å². The fraction of sp³-hybridized carbons (Fsp3) is 0.533. The van der Waals surface area contributed by atoms with Crippen molar-refractivity contribution in [3.63, 3.8) is 0 Å². The van der Waals surface area contributed by atoms with E-state index < -0.39 is 0 Å². The summed E-state index contributed by atoms with van der Waals surface area (Å²) in [5, 5.41) is 3.40. The Morgan fingerprint density at radius 2 is 2.21 bits per heavy atom. The van der Waals surface area contributed by atoms with E-state index in [0.29, 0.717) is 24.0 Å². The second kappa shape index (κ2) is 4.93. The second-order valence-corrected chi connectivity index (χ2v) is 5.76. The minimum absolute atomic E-state index is 0.220. The van der Waals surface area contributed by atoms with Gasteiger partial charge in [0.25, 0.3) is 0 Å². The molecule has 3 nitrogen and oxygen atoms in total. The van der Waals surface area contributed by atoms with Crippen LogP contribution in [0.3, 0.4) is 0 Å². The summed E-state index contributed by atoms with van der Waals surface area (Å²) < 4.78 is 16.0. The average molecular weight is 261 g/mol. The first-order valence-electron chi connectivity index (χ1n) is 7.03. The molecule has 0 atom stereocenters. The van der Waals surface area contributed by atoms with Crippen molar-refractivity contribution < 1.29 is 4.39 Å². The molecule has 1 aromatic carbocycles. The van der Waals surface area contributed by atoms with Crippen LogP contribution >= 0.6 is 0 Å². The van der Waals surface area contributed by atoms with Crippen LogP contribution in [0.2, 0.25) is 0 Å². The first kappa shape index (κ1) is 12.6. The highest BCUT2D eigenvalue weighted by atomic mass is 19.1. The van der Waals surface area contributed by atoms with Crippen molar-refractivity contribution in [3.05, 3.63) is 29.8 Å². The van der Waals surface area contributed by atoms with Crippen LogP contribution in [0, 0.1) is 11.7 Å². The topological polar surface area (TPSA) is 29.9 Å². The first-order chi connectivity index (χ1) is 9.16. The fourth-order valence-electron chi connectivity index (χ4n) is 2.47. The van der Waals surface area contributed by atoms with E-state index in [2.05, 4.69) is 28.7 Å². The van der Waals surface area contributed by atoms with E-state index in [1.165, 1.54) is 18.9 Å². The number of nitrogens with one attached hydrogen (secondary N) is 1. The van der Waals surface area contributed by atoms with E-state index in [-0.39, 0.29) is 5.82 Å². The molecule has 0 spiro atoms. The molecule has 1 saturated carbocycles. The third kappa shape index (κ3) is 2.50. The Morgan fingerprint density at radius 3 is 2.89 bits per heavy atom. The monoisotopic (exact) mass is 261 g/mol. The molecule has 1 N–H and O–H groups in total. The van der Waals surface area contributed by atoms with Crippen molar-refractivity contribution in [2.24, 2.45) is 5.92 Å². The zero-order valence-corrected chi connectivity index (χ0v) is 11.5. The zero-order chi connectivity index (χ0) is 13.4. The highest BCUT2D eigenvalue weighted by Gasteiger charge is 2.28. The summed E-state index contributed by atoms with van der Waals surface area (Å²) in [6, 6.07) is 5.74. The highest BCUT2D eigenvalue weighted by Crippen LogP contribution is 2.38. The molecular weight excluding hydrogens is 241 g/mol. The average Bonchev–Trinajstić information content (AvgIpc) is 3.11. The van der Waals surface area contributed by atoms with Gasteiger partial charge < -0.3 is 9.88 Å². The van der Waals surface area contributed by atoms with E-state index in [1.54, 1.807) is 6.07 Å². The maximum Gasteiger partial charge on any atom is 0.151 e. The lowest BCUT2D eigenvalue weighted by atomic mass is 10.2. The van der Waals surface area contributed by atoms with Crippen LogP contribution in [0.4, 0.5) is 4.39 Å². The standard InChI is InChI=1S/C15H20FN3/c1-10(2)8-17-9-14-18-15-12(16)4-3-5-13(15)19(14)11-6-7-11/h3-5,10-11,17H,6-9H2,1-2H3. The van der Waals surface area contributed by atoms with Crippen LogP contribution in [0.1, 0.15) is 38.6 Å². The lowest BCUT2D eigenvalue weighted by molar-refractivity contribution is 0.531. The van der Waals surface area contributed by atoms with Crippen molar-refractivity contribution in [2.75, 3.05) is 6.54 Å². The van der Waals surface area contributed by atoms with Gasteiger partial charge in [0, 0.05) is 6.04 Å². The lowest BCUT2D eigenvalue weighted by Gasteiger charge is -2.10. The molecule has 4 heteroatoms. The number of fused-ring (bicyclic) bond motifs is 1. The van der Waals surface area contributed by atoms with Gasteiger partial charge in [-0.05, 0) is 37.4 Å². The Balaban J connectivity index is 1.93. The zero-order valence-electron chi connectivity index (χ0n) is 11.5. The number of rotatable bonds is 5. The van der Waals surface area contributed by atoms with E-state index in [1.807, 2.05) is 6.07 Å². The van der Waals surface area contributed by atoms with E-state index in [9.17, 15) is 4.39 Å². The van der Waals surface area contributed by atoms with Crippen LogP contribution < -0.4 is 5.32 Å². The maximum atomic E-state index is 13.8. The molecule has 0 radical (unpaired) electrons. The van der Waals surface area contributed by atoms with Gasteiger partial charge in [-0.2, -0.15) is 0 Å². The van der Waals surface area contributed by atoms with Gasteiger partial charge in [-0.3, -0.25) is 0 Å². The van der Waals surface area contributed by atoms with Crippen LogP contribution in [-0.4, -0.2) is 16.1 Å². The van der Waals surface area contributed by atoms with E-state index in [0.717, 1.165) is 17.9 Å². The number of para-hydroxylation sites is 1. The summed E-state index contributed by atoms with van der Waals surface area (Å²) in [6.07, 6.45) is 2.36. The smallest absolute Gasteiger partial charge is 0.151 e. The molecule has 3 rings (SSSR count). The number of benzene rings is 1. The molecule has 1 aliphatic rings. The summed E-state index contributed by atoms with van der Waals surface area (Å²) in [6.45, 7) is 6.02. The number of imidazole rings is 1. The molecule has 0 amide bonds. The predicted molar refractivity (Wildman–Crippen MR) is 74.5 cm³/mol. The Morgan fingerprint density at radius 1 is 1.42 bits per heavy atom. The van der Waals surface area contributed by atoms with Crippen molar-refractivity contribution in [1.29, 1.82) is 0 Å². The molecule has 1 fully saturated rings. The van der Waals surface area contributed by atoms with Gasteiger partial charge in [0.1, 0.15) is 11.3 Å². The van der Waals surface area contributed by atoms with Gasteiger partial charge >= 0.3 is 0 Å². The quantitative estimate of drug-likeness (QED) is 0.895. The molecule has 19 heavy (non-hydrogen) atoms. The Kier molecular flexibility index (Phi) is 3.27. The summed E-state index contributed by atoms with van der Waals surface area (Å²) in [7, 11) is 0. The number of nitrogens with zero attached hydrogens (tertiary/aromatic N) is 2. The summed E-state index contributed by atoms with van der Waals surface area (Å²) in [5.74, 6) is 1.35. The first-order valence-corrected chi connectivity index (χ1v) is 7.03. The largest absolute Gasteiger partial charge is 0.324 e. The van der Waals surface area contributed by atoms with Gasteiger partial charge in [-0.1, -0.05) is 19.9 Å². The summed E-state index contributed by atoms with van der Waals surface area (Å²) >= 11 is 0. The van der Waals surface area contributed by atoms with Crippen LogP contribution in [0.5, 0.6) is 0 Å². The SMILES string of the molecule is CC(C)CNCc1nc2c(F)cccc2n1C1CC1. The van der Waals surface area contributed by atoms with Crippen molar-refractivity contribution in [1.82, 2.24) is 14.9 Å². The molecule has 0 bridgehead atoms. The molecule has 1 heterocycles. The Bertz CT molecular complexity index is 584. The molecule has 1 aliphatic carbocycles. The van der Waals surface area contributed by atoms with Crippen molar-refractivity contribution >= 4 is 11.0 Å². The van der Waals surface area contributed by atoms with Crippen LogP contribution in [0.15, 0.2) is 18.2 Å². The Labute approximate surface area is 112 Å². The number of hydrogen-bond acceptors (Lipinski definition) is 2. The summed E-state index contributed by atoms with van der Waals surface area (Å²) in [5.41, 5.74) is 1.44. The predicted octanol–water partition coefficient (Wildman–Crippen LogP) is 3.26. The van der Waals surface area contributed by atoms with Gasteiger partial charge in [-0.15, -0.1) is 0 Å². The van der Waals surface area contributed by atoms with E-state index >= 15 is 0 Å². The molecule has 0 saturated heterocycles. The van der Waals surface area contributed by atoms with Gasteiger partial charge in [0.2, 0.25) is 0 Å². The second-order valence-electron chi connectivity index (χ2n) is 5.76. The molecular formula is C15H20FN3.